The van der Waals surface area contributed by atoms with Crippen molar-refractivity contribution in [3.8, 4) is 0 Å². The number of aryl methyl sites for hydroxylation is 1. The summed E-state index contributed by atoms with van der Waals surface area (Å²) in [5.41, 5.74) is 0.825. The van der Waals surface area contributed by atoms with Crippen molar-refractivity contribution >= 4 is 33.0 Å². The Hall–Kier alpha value is -0.140. The van der Waals surface area contributed by atoms with Gasteiger partial charge in [0, 0.05) is 18.6 Å². The second-order valence-corrected chi connectivity index (χ2v) is 9.05. The molecule has 1 N–H and O–H groups in total. The molecule has 7 heteroatoms. The third-order valence-corrected chi connectivity index (χ3v) is 7.86. The number of halogens is 1. The number of nitrogens with one attached hydrogen (secondary N) is 1. The average molecular weight is 337 g/mol. The predicted molar refractivity (Wildman–Crippen MR) is 84.1 cm³/mol. The molecular formula is C13H21ClN2O2S2. The zero-order valence-corrected chi connectivity index (χ0v) is 14.4. The first-order valence-corrected chi connectivity index (χ1v) is 9.46. The molecule has 0 spiro atoms. The highest BCUT2D eigenvalue weighted by Crippen LogP contribution is 2.34. The number of nitrogens with zero attached hydrogens (tertiary/aromatic N) is 1. The van der Waals surface area contributed by atoms with Crippen molar-refractivity contribution in [2.45, 2.75) is 49.4 Å². The maximum Gasteiger partial charge on any atom is 0.252 e. The molecule has 1 aromatic rings. The van der Waals surface area contributed by atoms with Crippen LogP contribution in [0.3, 0.4) is 0 Å². The molecule has 0 aliphatic carbocycles. The lowest BCUT2D eigenvalue weighted by atomic mass is 9.99. The number of rotatable bonds is 4. The van der Waals surface area contributed by atoms with Crippen LogP contribution in [0.5, 0.6) is 0 Å². The molecule has 2 unspecified atom stereocenters. The van der Waals surface area contributed by atoms with Gasteiger partial charge in [0.1, 0.15) is 4.21 Å². The summed E-state index contributed by atoms with van der Waals surface area (Å²) in [5.74, 6) is 0. The van der Waals surface area contributed by atoms with Crippen molar-refractivity contribution in [3.05, 3.63) is 16.0 Å². The van der Waals surface area contributed by atoms with Gasteiger partial charge in [-0.15, -0.1) is 11.3 Å². The standard InChI is InChI=1S/C13H21ClN2O2S2/c1-9-8-12(19-13(9)14)20(17,18)16-7-5-4-6-11(16)10(2)15-3/h8,10-11,15H,4-7H2,1-3H3. The molecule has 2 heterocycles. The number of hydrogen-bond acceptors (Lipinski definition) is 4. The van der Waals surface area contributed by atoms with Crippen LogP contribution >= 0.6 is 22.9 Å². The Labute approximate surface area is 130 Å². The lowest BCUT2D eigenvalue weighted by Crippen LogP contribution is -2.52. The normalized spacial score (nSPS) is 22.9. The molecule has 0 radical (unpaired) electrons. The molecule has 20 heavy (non-hydrogen) atoms. The third-order valence-electron chi connectivity index (χ3n) is 3.93. The highest BCUT2D eigenvalue weighted by molar-refractivity contribution is 7.91. The fourth-order valence-corrected chi connectivity index (χ4v) is 6.20. The molecular weight excluding hydrogens is 316 g/mol. The Morgan fingerprint density at radius 2 is 2.20 bits per heavy atom. The van der Waals surface area contributed by atoms with Crippen molar-refractivity contribution < 1.29 is 8.42 Å². The molecule has 0 amide bonds. The lowest BCUT2D eigenvalue weighted by Gasteiger charge is -2.37. The van der Waals surface area contributed by atoms with Gasteiger partial charge in [0.15, 0.2) is 0 Å². The van der Waals surface area contributed by atoms with Crippen LogP contribution in [-0.4, -0.2) is 38.4 Å². The van der Waals surface area contributed by atoms with Crippen LogP contribution in [0, 0.1) is 6.92 Å². The molecule has 1 aliphatic rings. The van der Waals surface area contributed by atoms with Gasteiger partial charge in [-0.2, -0.15) is 4.31 Å². The molecule has 1 saturated heterocycles. The van der Waals surface area contributed by atoms with E-state index in [1.807, 2.05) is 20.9 Å². The first-order chi connectivity index (χ1) is 9.37. The molecule has 1 fully saturated rings. The van der Waals surface area contributed by atoms with Crippen LogP contribution in [0.15, 0.2) is 10.3 Å². The Bertz CT molecular complexity index is 551. The molecule has 0 aromatic carbocycles. The minimum absolute atomic E-state index is 0.0138. The zero-order chi connectivity index (χ0) is 14.9. The van der Waals surface area contributed by atoms with Gasteiger partial charge in [0.05, 0.1) is 4.34 Å². The van der Waals surface area contributed by atoms with E-state index >= 15 is 0 Å². The quantitative estimate of drug-likeness (QED) is 0.919. The van der Waals surface area contributed by atoms with Crippen molar-refractivity contribution in [2.24, 2.45) is 0 Å². The predicted octanol–water partition coefficient (Wildman–Crippen LogP) is 2.86. The van der Waals surface area contributed by atoms with E-state index in [1.165, 1.54) is 0 Å². The smallest absolute Gasteiger partial charge is 0.252 e. The van der Waals surface area contributed by atoms with E-state index in [0.717, 1.165) is 36.2 Å². The van der Waals surface area contributed by atoms with Gasteiger partial charge in [-0.05, 0) is 45.4 Å². The highest BCUT2D eigenvalue weighted by Gasteiger charge is 2.36. The molecule has 1 aliphatic heterocycles. The second-order valence-electron chi connectivity index (χ2n) is 5.28. The fraction of sp³-hybridized carbons (Fsp3) is 0.692. The van der Waals surface area contributed by atoms with Crippen LogP contribution in [-0.2, 0) is 10.0 Å². The first kappa shape index (κ1) is 16.2. The van der Waals surface area contributed by atoms with Crippen LogP contribution in [0.1, 0.15) is 31.7 Å². The largest absolute Gasteiger partial charge is 0.316 e. The maximum atomic E-state index is 12.8. The van der Waals surface area contributed by atoms with Crippen molar-refractivity contribution in [1.29, 1.82) is 0 Å². The highest BCUT2D eigenvalue weighted by atomic mass is 35.5. The molecule has 2 atom stereocenters. The number of likely N-dealkylation sites (N-methyl/N-ethyl adjacent to an activating group) is 1. The summed E-state index contributed by atoms with van der Waals surface area (Å²) in [7, 11) is -1.57. The van der Waals surface area contributed by atoms with Gasteiger partial charge in [-0.3, -0.25) is 0 Å². The summed E-state index contributed by atoms with van der Waals surface area (Å²) in [6, 6.07) is 1.83. The number of piperidine rings is 1. The SMILES string of the molecule is CNC(C)C1CCCCN1S(=O)(=O)c1cc(C)c(Cl)s1. The van der Waals surface area contributed by atoms with E-state index in [9.17, 15) is 8.42 Å². The second kappa shape index (κ2) is 6.32. The first-order valence-electron chi connectivity index (χ1n) is 6.83. The molecule has 0 saturated carbocycles. The zero-order valence-electron chi connectivity index (χ0n) is 12.0. The summed E-state index contributed by atoms with van der Waals surface area (Å²) in [4.78, 5) is 0. The van der Waals surface area contributed by atoms with Gasteiger partial charge in [-0.1, -0.05) is 18.0 Å². The molecule has 1 aromatic heterocycles. The minimum atomic E-state index is -3.44. The van der Waals surface area contributed by atoms with E-state index in [4.69, 9.17) is 11.6 Å². The topological polar surface area (TPSA) is 49.4 Å². The van der Waals surface area contributed by atoms with Crippen LogP contribution in [0.25, 0.3) is 0 Å². The Balaban J connectivity index is 2.35. The molecule has 4 nitrogen and oxygen atoms in total. The lowest BCUT2D eigenvalue weighted by molar-refractivity contribution is 0.214. The molecule has 2 rings (SSSR count). The number of sulfonamides is 1. The van der Waals surface area contributed by atoms with Crippen LogP contribution < -0.4 is 5.32 Å². The van der Waals surface area contributed by atoms with Crippen LogP contribution in [0.2, 0.25) is 4.34 Å². The van der Waals surface area contributed by atoms with E-state index in [2.05, 4.69) is 5.32 Å². The van der Waals surface area contributed by atoms with Gasteiger partial charge in [0.25, 0.3) is 10.0 Å². The monoisotopic (exact) mass is 336 g/mol. The maximum absolute atomic E-state index is 12.8. The van der Waals surface area contributed by atoms with E-state index in [1.54, 1.807) is 10.4 Å². The number of hydrogen-bond donors (Lipinski definition) is 1. The molecule has 114 valence electrons. The summed E-state index contributed by atoms with van der Waals surface area (Å²) >= 11 is 7.18. The molecule has 0 bridgehead atoms. The van der Waals surface area contributed by atoms with Crippen molar-refractivity contribution in [1.82, 2.24) is 9.62 Å². The van der Waals surface area contributed by atoms with Gasteiger partial charge < -0.3 is 5.32 Å². The average Bonchev–Trinajstić information content (AvgIpc) is 2.78. The summed E-state index contributed by atoms with van der Waals surface area (Å²) in [5, 5.41) is 3.18. The Kier molecular flexibility index (Phi) is 5.13. The van der Waals surface area contributed by atoms with Gasteiger partial charge >= 0.3 is 0 Å². The Morgan fingerprint density at radius 3 is 2.75 bits per heavy atom. The van der Waals surface area contributed by atoms with Crippen molar-refractivity contribution in [3.63, 3.8) is 0 Å². The fourth-order valence-electron chi connectivity index (χ4n) is 2.60. The van der Waals surface area contributed by atoms with Gasteiger partial charge in [-0.25, -0.2) is 8.42 Å². The van der Waals surface area contributed by atoms with E-state index in [0.29, 0.717) is 15.1 Å². The number of thiophene rings is 1. The van der Waals surface area contributed by atoms with Crippen LogP contribution in [0.4, 0.5) is 0 Å². The van der Waals surface area contributed by atoms with E-state index < -0.39 is 10.0 Å². The minimum Gasteiger partial charge on any atom is -0.316 e. The van der Waals surface area contributed by atoms with E-state index in [-0.39, 0.29) is 12.1 Å². The summed E-state index contributed by atoms with van der Waals surface area (Å²) in [6.07, 6.45) is 2.90. The summed E-state index contributed by atoms with van der Waals surface area (Å²) in [6.45, 7) is 4.46. The summed E-state index contributed by atoms with van der Waals surface area (Å²) < 4.78 is 28.2. The third kappa shape index (κ3) is 3.04. The van der Waals surface area contributed by atoms with Gasteiger partial charge in [0.2, 0.25) is 0 Å². The van der Waals surface area contributed by atoms with Crippen molar-refractivity contribution in [2.75, 3.05) is 13.6 Å². The Morgan fingerprint density at radius 1 is 1.50 bits per heavy atom.